The monoisotopic (exact) mass is 191 g/mol. The molecule has 0 bridgehead atoms. The SMILES string of the molecule is N#CCCC/C=C/CCC1CCCC1. The summed E-state index contributed by atoms with van der Waals surface area (Å²) >= 11 is 0. The van der Waals surface area contributed by atoms with Crippen LogP contribution in [0, 0.1) is 17.2 Å². The molecule has 78 valence electrons. The maximum atomic E-state index is 8.34. The average molecular weight is 191 g/mol. The lowest BCUT2D eigenvalue weighted by molar-refractivity contribution is 0.508. The second-order valence-electron chi connectivity index (χ2n) is 4.25. The van der Waals surface area contributed by atoms with Crippen LogP contribution >= 0.6 is 0 Å². The van der Waals surface area contributed by atoms with E-state index in [1.807, 2.05) is 0 Å². The van der Waals surface area contributed by atoms with E-state index in [1.165, 1.54) is 38.5 Å². The summed E-state index contributed by atoms with van der Waals surface area (Å²) in [5, 5.41) is 8.34. The van der Waals surface area contributed by atoms with Crippen molar-refractivity contribution in [3.63, 3.8) is 0 Å². The molecule has 1 saturated carbocycles. The highest BCUT2D eigenvalue weighted by Crippen LogP contribution is 2.28. The molecule has 14 heavy (non-hydrogen) atoms. The minimum absolute atomic E-state index is 0.701. The van der Waals surface area contributed by atoms with Gasteiger partial charge in [0.15, 0.2) is 0 Å². The van der Waals surface area contributed by atoms with Crippen molar-refractivity contribution >= 4 is 0 Å². The lowest BCUT2D eigenvalue weighted by Crippen LogP contribution is -1.90. The molecule has 1 nitrogen and oxygen atoms in total. The molecule has 0 amide bonds. The van der Waals surface area contributed by atoms with Gasteiger partial charge in [0, 0.05) is 6.42 Å². The highest BCUT2D eigenvalue weighted by atomic mass is 14.2. The first-order chi connectivity index (χ1) is 6.93. The number of hydrogen-bond acceptors (Lipinski definition) is 1. The molecule has 0 spiro atoms. The Labute approximate surface area is 87.8 Å². The van der Waals surface area contributed by atoms with Gasteiger partial charge >= 0.3 is 0 Å². The van der Waals surface area contributed by atoms with Gasteiger partial charge in [-0.05, 0) is 31.6 Å². The first-order valence-electron chi connectivity index (χ1n) is 5.95. The van der Waals surface area contributed by atoms with Crippen LogP contribution in [0.2, 0.25) is 0 Å². The Morgan fingerprint density at radius 3 is 2.57 bits per heavy atom. The number of unbranched alkanes of at least 4 members (excludes halogenated alkanes) is 2. The maximum Gasteiger partial charge on any atom is 0.0621 e. The molecule has 1 aliphatic rings. The summed E-state index contributed by atoms with van der Waals surface area (Å²) in [6.45, 7) is 0. The van der Waals surface area contributed by atoms with Crippen LogP contribution in [0.25, 0.3) is 0 Å². The quantitative estimate of drug-likeness (QED) is 0.456. The van der Waals surface area contributed by atoms with Crippen LogP contribution in [0.1, 0.15) is 57.8 Å². The van der Waals surface area contributed by atoms with Gasteiger partial charge in [0.25, 0.3) is 0 Å². The Balaban J connectivity index is 1.89. The fourth-order valence-corrected chi connectivity index (χ4v) is 2.17. The molecule has 0 saturated heterocycles. The number of nitriles is 1. The second kappa shape index (κ2) is 7.62. The molecule has 1 heteroatoms. The molecule has 0 aromatic heterocycles. The van der Waals surface area contributed by atoms with E-state index in [4.69, 9.17) is 5.26 Å². The van der Waals surface area contributed by atoms with Gasteiger partial charge in [-0.2, -0.15) is 5.26 Å². The summed E-state index contributed by atoms with van der Waals surface area (Å²) < 4.78 is 0. The Hall–Kier alpha value is -0.770. The van der Waals surface area contributed by atoms with Gasteiger partial charge in [-0.25, -0.2) is 0 Å². The van der Waals surface area contributed by atoms with Gasteiger partial charge in [-0.1, -0.05) is 37.8 Å². The van der Waals surface area contributed by atoms with E-state index in [1.54, 1.807) is 0 Å². The van der Waals surface area contributed by atoms with Gasteiger partial charge in [-0.15, -0.1) is 0 Å². The minimum Gasteiger partial charge on any atom is -0.198 e. The molecule has 0 aromatic rings. The van der Waals surface area contributed by atoms with Crippen LogP contribution in [-0.4, -0.2) is 0 Å². The maximum absolute atomic E-state index is 8.34. The third-order valence-electron chi connectivity index (χ3n) is 3.04. The summed E-state index contributed by atoms with van der Waals surface area (Å²) in [5.41, 5.74) is 0. The molecular formula is C13H21N. The van der Waals surface area contributed by atoms with E-state index in [0.29, 0.717) is 6.42 Å². The van der Waals surface area contributed by atoms with Crippen molar-refractivity contribution < 1.29 is 0 Å². The highest BCUT2D eigenvalue weighted by molar-refractivity contribution is 4.84. The van der Waals surface area contributed by atoms with Gasteiger partial charge in [0.1, 0.15) is 0 Å². The van der Waals surface area contributed by atoms with Crippen molar-refractivity contribution in [2.75, 3.05) is 0 Å². The third kappa shape index (κ3) is 5.07. The number of rotatable bonds is 6. The Morgan fingerprint density at radius 1 is 1.14 bits per heavy atom. The molecule has 0 unspecified atom stereocenters. The Bertz CT molecular complexity index is 194. The second-order valence-corrected chi connectivity index (χ2v) is 4.25. The molecule has 0 aliphatic heterocycles. The zero-order valence-electron chi connectivity index (χ0n) is 9.04. The topological polar surface area (TPSA) is 23.8 Å². The van der Waals surface area contributed by atoms with E-state index in [2.05, 4.69) is 18.2 Å². The smallest absolute Gasteiger partial charge is 0.0621 e. The predicted molar refractivity (Wildman–Crippen MR) is 59.8 cm³/mol. The number of allylic oxidation sites excluding steroid dienone is 2. The fourth-order valence-electron chi connectivity index (χ4n) is 2.17. The lowest BCUT2D eigenvalue weighted by Gasteiger charge is -2.04. The molecular weight excluding hydrogens is 170 g/mol. The molecule has 0 aromatic carbocycles. The predicted octanol–water partition coefficient (Wildman–Crippen LogP) is 4.21. The highest BCUT2D eigenvalue weighted by Gasteiger charge is 2.13. The largest absolute Gasteiger partial charge is 0.198 e. The zero-order valence-corrected chi connectivity index (χ0v) is 9.04. The van der Waals surface area contributed by atoms with Crippen molar-refractivity contribution in [1.82, 2.24) is 0 Å². The van der Waals surface area contributed by atoms with Crippen molar-refractivity contribution in [2.24, 2.45) is 5.92 Å². The van der Waals surface area contributed by atoms with E-state index in [9.17, 15) is 0 Å². The number of hydrogen-bond donors (Lipinski definition) is 0. The van der Waals surface area contributed by atoms with Crippen molar-refractivity contribution in [3.05, 3.63) is 12.2 Å². The minimum atomic E-state index is 0.701. The van der Waals surface area contributed by atoms with Crippen LogP contribution in [0.15, 0.2) is 12.2 Å². The summed E-state index contributed by atoms with van der Waals surface area (Å²) in [6.07, 6.45) is 15.8. The van der Waals surface area contributed by atoms with Gasteiger partial charge < -0.3 is 0 Å². The van der Waals surface area contributed by atoms with Gasteiger partial charge in [0.2, 0.25) is 0 Å². The molecule has 0 radical (unpaired) electrons. The van der Waals surface area contributed by atoms with E-state index >= 15 is 0 Å². The normalized spacial score (nSPS) is 17.6. The summed E-state index contributed by atoms with van der Waals surface area (Å²) in [6, 6.07) is 2.17. The van der Waals surface area contributed by atoms with E-state index in [-0.39, 0.29) is 0 Å². The van der Waals surface area contributed by atoms with E-state index in [0.717, 1.165) is 18.8 Å². The van der Waals surface area contributed by atoms with Crippen LogP contribution in [0.5, 0.6) is 0 Å². The molecule has 0 heterocycles. The Morgan fingerprint density at radius 2 is 1.86 bits per heavy atom. The lowest BCUT2D eigenvalue weighted by atomic mass is 10.0. The Kier molecular flexibility index (Phi) is 6.15. The van der Waals surface area contributed by atoms with Crippen molar-refractivity contribution in [2.45, 2.75) is 57.8 Å². The summed E-state index contributed by atoms with van der Waals surface area (Å²) in [4.78, 5) is 0. The van der Waals surface area contributed by atoms with Crippen molar-refractivity contribution in [3.8, 4) is 6.07 Å². The molecule has 1 fully saturated rings. The van der Waals surface area contributed by atoms with Gasteiger partial charge in [0.05, 0.1) is 6.07 Å². The third-order valence-corrected chi connectivity index (χ3v) is 3.04. The molecule has 0 atom stereocenters. The standard InChI is InChI=1S/C13H21N/c14-12-8-4-2-1-3-5-9-13-10-6-7-11-13/h1,3,13H,2,4-11H2/b3-1+. The fraction of sp³-hybridized carbons (Fsp3) is 0.769. The van der Waals surface area contributed by atoms with Crippen LogP contribution < -0.4 is 0 Å². The van der Waals surface area contributed by atoms with Crippen LogP contribution in [0.4, 0.5) is 0 Å². The van der Waals surface area contributed by atoms with Crippen LogP contribution in [-0.2, 0) is 0 Å². The zero-order chi connectivity index (χ0) is 10.1. The van der Waals surface area contributed by atoms with E-state index < -0.39 is 0 Å². The number of nitrogens with zero attached hydrogens (tertiary/aromatic N) is 1. The van der Waals surface area contributed by atoms with Crippen molar-refractivity contribution in [1.29, 1.82) is 5.26 Å². The average Bonchev–Trinajstić information content (AvgIpc) is 2.69. The molecule has 0 N–H and O–H groups in total. The molecule has 1 rings (SSSR count). The summed E-state index contributed by atoms with van der Waals surface area (Å²) in [5.74, 6) is 1.01. The van der Waals surface area contributed by atoms with Gasteiger partial charge in [-0.3, -0.25) is 0 Å². The van der Waals surface area contributed by atoms with Crippen LogP contribution in [0.3, 0.4) is 0 Å². The summed E-state index contributed by atoms with van der Waals surface area (Å²) in [7, 11) is 0. The first-order valence-corrected chi connectivity index (χ1v) is 5.95. The molecule has 1 aliphatic carbocycles. The first kappa shape index (κ1) is 11.3.